The van der Waals surface area contributed by atoms with Crippen molar-refractivity contribution in [2.45, 2.75) is 6.92 Å². The van der Waals surface area contributed by atoms with Crippen molar-refractivity contribution in [3.63, 3.8) is 0 Å². The lowest BCUT2D eigenvalue weighted by Crippen LogP contribution is -2.21. The molecular formula is C14H11ClN2O4. The van der Waals surface area contributed by atoms with E-state index in [0.29, 0.717) is 10.7 Å². The third-order valence-corrected chi connectivity index (χ3v) is 2.95. The zero-order valence-corrected chi connectivity index (χ0v) is 11.7. The van der Waals surface area contributed by atoms with E-state index in [9.17, 15) is 14.7 Å². The number of carboxylic acid groups (broad SMARTS) is 1. The number of aliphatic carboxylic acids is 1. The minimum absolute atomic E-state index is 0.0219. The van der Waals surface area contributed by atoms with Gasteiger partial charge in [-0.15, -0.1) is 0 Å². The molecule has 0 spiro atoms. The molecule has 0 fully saturated rings. The molecule has 108 valence electrons. The van der Waals surface area contributed by atoms with Gasteiger partial charge in [0.25, 0.3) is 5.56 Å². The van der Waals surface area contributed by atoms with E-state index in [1.165, 1.54) is 0 Å². The molecule has 0 atom stereocenters. The fourth-order valence-corrected chi connectivity index (χ4v) is 1.98. The van der Waals surface area contributed by atoms with Gasteiger partial charge in [-0.05, 0) is 36.8 Å². The Balaban J connectivity index is 2.61. The van der Waals surface area contributed by atoms with E-state index in [-0.39, 0.29) is 11.4 Å². The monoisotopic (exact) mass is 306 g/mol. The number of nitrogens with zero attached hydrogens (tertiary/aromatic N) is 2. The van der Waals surface area contributed by atoms with Crippen LogP contribution in [0.4, 0.5) is 0 Å². The van der Waals surface area contributed by atoms with Gasteiger partial charge in [0, 0.05) is 17.2 Å². The molecule has 2 N–H and O–H groups in total. The summed E-state index contributed by atoms with van der Waals surface area (Å²) >= 11 is 5.86. The number of aryl methyl sites for hydroxylation is 1. The van der Waals surface area contributed by atoms with Crippen molar-refractivity contribution in [1.82, 2.24) is 9.78 Å². The van der Waals surface area contributed by atoms with Crippen LogP contribution in [-0.4, -0.2) is 26.0 Å². The molecule has 1 aromatic carbocycles. The van der Waals surface area contributed by atoms with Gasteiger partial charge in [-0.25, -0.2) is 4.79 Å². The largest absolute Gasteiger partial charge is 0.505 e. The van der Waals surface area contributed by atoms with Crippen LogP contribution in [0.1, 0.15) is 11.3 Å². The topological polar surface area (TPSA) is 92.4 Å². The van der Waals surface area contributed by atoms with Crippen molar-refractivity contribution in [2.24, 2.45) is 0 Å². The lowest BCUT2D eigenvalue weighted by atomic mass is 10.2. The number of hydrogen-bond acceptors (Lipinski definition) is 4. The third kappa shape index (κ3) is 3.29. The molecule has 0 radical (unpaired) electrons. The summed E-state index contributed by atoms with van der Waals surface area (Å²) < 4.78 is 1.08. The Bertz CT molecular complexity index is 796. The molecule has 1 aromatic heterocycles. The molecule has 7 heteroatoms. The highest BCUT2D eigenvalue weighted by atomic mass is 35.5. The molecule has 2 rings (SSSR count). The van der Waals surface area contributed by atoms with Crippen molar-refractivity contribution in [2.75, 3.05) is 0 Å². The van der Waals surface area contributed by atoms with Crippen LogP contribution in [0.5, 0.6) is 5.75 Å². The number of benzene rings is 1. The maximum atomic E-state index is 11.9. The van der Waals surface area contributed by atoms with Gasteiger partial charge in [0.1, 0.15) is 11.4 Å². The molecule has 0 amide bonds. The molecule has 0 saturated carbocycles. The van der Waals surface area contributed by atoms with Crippen LogP contribution in [0.2, 0.25) is 5.02 Å². The van der Waals surface area contributed by atoms with Crippen LogP contribution >= 0.6 is 11.6 Å². The summed E-state index contributed by atoms with van der Waals surface area (Å²) in [7, 11) is 0. The van der Waals surface area contributed by atoms with Crippen LogP contribution in [0, 0.1) is 6.92 Å². The standard InChI is InChI=1S/C14H11ClN2O4/c1-8-6-9(15)2-4-11(8)17-13(19)7-12(18)10(16-17)3-5-14(20)21/h2-7,18H,1H3,(H,20,21)/b5-3+. The van der Waals surface area contributed by atoms with Crippen molar-refractivity contribution in [1.29, 1.82) is 0 Å². The second kappa shape index (κ2) is 5.80. The van der Waals surface area contributed by atoms with Gasteiger partial charge in [-0.1, -0.05) is 11.6 Å². The molecule has 0 bridgehead atoms. The molecule has 6 nitrogen and oxygen atoms in total. The van der Waals surface area contributed by atoms with E-state index in [2.05, 4.69) is 5.10 Å². The van der Waals surface area contributed by atoms with Gasteiger partial charge < -0.3 is 10.2 Å². The van der Waals surface area contributed by atoms with E-state index >= 15 is 0 Å². The minimum atomic E-state index is -1.18. The van der Waals surface area contributed by atoms with E-state index < -0.39 is 11.5 Å². The fraction of sp³-hybridized carbons (Fsp3) is 0.0714. The van der Waals surface area contributed by atoms with Gasteiger partial charge in [0.05, 0.1) is 5.69 Å². The predicted octanol–water partition coefficient (Wildman–Crippen LogP) is 2.00. The molecule has 0 aliphatic rings. The Labute approximate surface area is 124 Å². The smallest absolute Gasteiger partial charge is 0.328 e. The van der Waals surface area contributed by atoms with Crippen LogP contribution in [0.15, 0.2) is 35.1 Å². The molecule has 0 saturated heterocycles. The van der Waals surface area contributed by atoms with Crippen LogP contribution in [0.3, 0.4) is 0 Å². The molecule has 0 aliphatic carbocycles. The summed E-state index contributed by atoms with van der Waals surface area (Å²) in [4.78, 5) is 22.5. The van der Waals surface area contributed by atoms with E-state index in [1.807, 2.05) is 0 Å². The quantitative estimate of drug-likeness (QED) is 0.846. The molecule has 0 aliphatic heterocycles. The Morgan fingerprint density at radius 3 is 2.71 bits per heavy atom. The highest BCUT2D eigenvalue weighted by Gasteiger charge is 2.10. The number of carboxylic acids is 1. The maximum Gasteiger partial charge on any atom is 0.328 e. The number of halogens is 1. The van der Waals surface area contributed by atoms with Crippen molar-refractivity contribution in [3.05, 3.63) is 57.0 Å². The lowest BCUT2D eigenvalue weighted by Gasteiger charge is -2.09. The van der Waals surface area contributed by atoms with Crippen molar-refractivity contribution >= 4 is 23.6 Å². The van der Waals surface area contributed by atoms with Crippen LogP contribution < -0.4 is 5.56 Å². The second-order valence-corrected chi connectivity index (χ2v) is 4.70. The third-order valence-electron chi connectivity index (χ3n) is 2.71. The summed E-state index contributed by atoms with van der Waals surface area (Å²) in [5.74, 6) is -1.57. The van der Waals surface area contributed by atoms with Crippen molar-refractivity contribution < 1.29 is 15.0 Å². The Hall–Kier alpha value is -2.60. The predicted molar refractivity (Wildman–Crippen MR) is 77.9 cm³/mol. The van der Waals surface area contributed by atoms with Crippen LogP contribution in [0.25, 0.3) is 11.8 Å². The molecular weight excluding hydrogens is 296 g/mol. The highest BCUT2D eigenvalue weighted by molar-refractivity contribution is 6.30. The average molecular weight is 307 g/mol. The Kier molecular flexibility index (Phi) is 4.09. The summed E-state index contributed by atoms with van der Waals surface area (Å²) in [5.41, 5.74) is 0.655. The van der Waals surface area contributed by atoms with E-state index in [4.69, 9.17) is 16.7 Å². The number of aromatic hydroxyl groups is 1. The van der Waals surface area contributed by atoms with Gasteiger partial charge in [-0.2, -0.15) is 9.78 Å². The van der Waals surface area contributed by atoms with E-state index in [1.54, 1.807) is 25.1 Å². The van der Waals surface area contributed by atoms with Gasteiger partial charge in [0.2, 0.25) is 0 Å². The zero-order valence-electron chi connectivity index (χ0n) is 10.9. The number of aromatic nitrogens is 2. The first-order valence-electron chi connectivity index (χ1n) is 5.89. The van der Waals surface area contributed by atoms with Crippen molar-refractivity contribution in [3.8, 4) is 11.4 Å². The molecule has 21 heavy (non-hydrogen) atoms. The first-order chi connectivity index (χ1) is 9.88. The SMILES string of the molecule is Cc1cc(Cl)ccc1-n1nc(/C=C/C(=O)O)c(O)cc1=O. The van der Waals surface area contributed by atoms with Gasteiger partial charge >= 0.3 is 5.97 Å². The fourth-order valence-electron chi connectivity index (χ4n) is 1.76. The molecule has 1 heterocycles. The summed E-state index contributed by atoms with van der Waals surface area (Å²) in [6.45, 7) is 1.76. The highest BCUT2D eigenvalue weighted by Crippen LogP contribution is 2.19. The van der Waals surface area contributed by atoms with Crippen LogP contribution in [-0.2, 0) is 4.79 Å². The molecule has 0 unspecified atom stereocenters. The summed E-state index contributed by atoms with van der Waals surface area (Å²) in [6.07, 6.45) is 1.93. The van der Waals surface area contributed by atoms with Gasteiger partial charge in [0.15, 0.2) is 0 Å². The number of carbonyl (C=O) groups is 1. The Morgan fingerprint density at radius 1 is 1.38 bits per heavy atom. The first-order valence-corrected chi connectivity index (χ1v) is 6.27. The van der Waals surface area contributed by atoms with E-state index in [0.717, 1.165) is 28.5 Å². The second-order valence-electron chi connectivity index (χ2n) is 4.27. The molecule has 2 aromatic rings. The normalized spacial score (nSPS) is 11.0. The maximum absolute atomic E-state index is 11.9. The number of hydrogen-bond donors (Lipinski definition) is 2. The summed E-state index contributed by atoms with van der Waals surface area (Å²) in [5, 5.41) is 22.7. The van der Waals surface area contributed by atoms with Gasteiger partial charge in [-0.3, -0.25) is 4.79 Å². The first kappa shape index (κ1) is 14.8. The Morgan fingerprint density at radius 2 is 2.10 bits per heavy atom. The average Bonchev–Trinajstić information content (AvgIpc) is 2.38. The number of rotatable bonds is 3. The minimum Gasteiger partial charge on any atom is -0.505 e. The zero-order chi connectivity index (χ0) is 15.6. The summed E-state index contributed by atoms with van der Waals surface area (Å²) in [6, 6.07) is 5.87. The lowest BCUT2D eigenvalue weighted by molar-refractivity contribution is -0.131.